The molecule has 0 aliphatic heterocycles. The Balaban J connectivity index is 2.07. The van der Waals surface area contributed by atoms with Crippen LogP contribution in [0.3, 0.4) is 0 Å². The van der Waals surface area contributed by atoms with Gasteiger partial charge in [-0.05, 0) is 29.6 Å². The largest absolute Gasteiger partial charge is 0.481 e. The summed E-state index contributed by atoms with van der Waals surface area (Å²) in [5.41, 5.74) is 3.14. The van der Waals surface area contributed by atoms with Crippen molar-refractivity contribution in [1.29, 1.82) is 0 Å². The van der Waals surface area contributed by atoms with E-state index >= 15 is 0 Å². The van der Waals surface area contributed by atoms with Gasteiger partial charge < -0.3 is 5.11 Å². The minimum Gasteiger partial charge on any atom is -0.481 e. The van der Waals surface area contributed by atoms with Gasteiger partial charge in [0.05, 0.1) is 5.92 Å². The van der Waals surface area contributed by atoms with Gasteiger partial charge in [0, 0.05) is 5.92 Å². The maximum Gasteiger partial charge on any atom is 0.311 e. The molecule has 0 heterocycles. The number of carboxylic acid groups (broad SMARTS) is 1. The molecular weight excluding hydrogens is 236 g/mol. The molecule has 1 aromatic rings. The van der Waals surface area contributed by atoms with Crippen LogP contribution in [-0.4, -0.2) is 11.1 Å². The first kappa shape index (κ1) is 12.0. The van der Waals surface area contributed by atoms with Gasteiger partial charge in [-0.2, -0.15) is 0 Å². The second-order valence-electron chi connectivity index (χ2n) is 5.01. The number of hydrogen-bond donors (Lipinski definition) is 1. The minimum absolute atomic E-state index is 0.0693. The molecule has 0 saturated carbocycles. The summed E-state index contributed by atoms with van der Waals surface area (Å²) in [7, 11) is 0. The smallest absolute Gasteiger partial charge is 0.311 e. The van der Waals surface area contributed by atoms with Crippen LogP contribution in [0.2, 0.25) is 0 Å². The van der Waals surface area contributed by atoms with Crippen molar-refractivity contribution in [1.82, 2.24) is 0 Å². The number of fused-ring (bicyclic) bond motifs is 1. The van der Waals surface area contributed by atoms with Gasteiger partial charge in [0.25, 0.3) is 0 Å². The monoisotopic (exact) mass is 252 g/mol. The number of hydrogen-bond acceptors (Lipinski definition) is 1. The molecule has 1 aromatic carbocycles. The zero-order valence-corrected chi connectivity index (χ0v) is 10.6. The highest BCUT2D eigenvalue weighted by molar-refractivity contribution is 5.79. The highest BCUT2D eigenvalue weighted by Crippen LogP contribution is 2.41. The van der Waals surface area contributed by atoms with Gasteiger partial charge in [-0.3, -0.25) is 4.79 Å². The topological polar surface area (TPSA) is 37.3 Å². The SMILES string of the molecule is O=C(O)C1C2=CCCC=C2C=CC1c1ccccc1. The molecule has 2 unspecified atom stereocenters. The third-order valence-corrected chi connectivity index (χ3v) is 3.86. The molecular formula is C17H16O2. The van der Waals surface area contributed by atoms with Gasteiger partial charge >= 0.3 is 5.97 Å². The molecule has 2 aliphatic rings. The van der Waals surface area contributed by atoms with Gasteiger partial charge in [0.2, 0.25) is 0 Å². The van der Waals surface area contributed by atoms with Crippen LogP contribution in [-0.2, 0) is 4.79 Å². The Hall–Kier alpha value is -2.09. The predicted molar refractivity (Wildman–Crippen MR) is 74.8 cm³/mol. The first-order valence-corrected chi connectivity index (χ1v) is 6.64. The Labute approximate surface area is 112 Å². The molecule has 2 nitrogen and oxygen atoms in total. The van der Waals surface area contributed by atoms with Crippen LogP contribution in [0.5, 0.6) is 0 Å². The van der Waals surface area contributed by atoms with E-state index in [1.807, 2.05) is 36.4 Å². The molecule has 2 heteroatoms. The molecule has 0 fully saturated rings. The summed E-state index contributed by atoms with van der Waals surface area (Å²) in [6.45, 7) is 0. The van der Waals surface area contributed by atoms with Crippen molar-refractivity contribution in [3.63, 3.8) is 0 Å². The molecule has 0 aromatic heterocycles. The Morgan fingerprint density at radius 3 is 2.58 bits per heavy atom. The fourth-order valence-electron chi connectivity index (χ4n) is 2.96. The lowest BCUT2D eigenvalue weighted by Gasteiger charge is -2.30. The normalized spacial score (nSPS) is 25.3. The highest BCUT2D eigenvalue weighted by atomic mass is 16.4. The first-order chi connectivity index (χ1) is 9.27. The van der Waals surface area contributed by atoms with E-state index in [4.69, 9.17) is 0 Å². The van der Waals surface area contributed by atoms with Crippen LogP contribution in [0.15, 0.2) is 65.8 Å². The van der Waals surface area contributed by atoms with Crippen LogP contribution in [0.4, 0.5) is 0 Å². The summed E-state index contributed by atoms with van der Waals surface area (Å²) >= 11 is 0. The van der Waals surface area contributed by atoms with E-state index in [1.54, 1.807) is 0 Å². The molecule has 0 radical (unpaired) electrons. The molecule has 96 valence electrons. The Morgan fingerprint density at radius 1 is 1.11 bits per heavy atom. The second kappa shape index (κ2) is 4.88. The standard InChI is InChI=1S/C17H16O2/c18-17(19)16-14-9-5-4-8-13(14)10-11-15(16)12-6-2-1-3-7-12/h1-3,6-11,15-16H,4-5H2,(H,18,19). The Morgan fingerprint density at radius 2 is 1.84 bits per heavy atom. The maximum atomic E-state index is 11.7. The molecule has 0 bridgehead atoms. The van der Waals surface area contributed by atoms with Crippen molar-refractivity contribution in [3.05, 3.63) is 71.3 Å². The summed E-state index contributed by atoms with van der Waals surface area (Å²) in [6, 6.07) is 9.88. The van der Waals surface area contributed by atoms with E-state index in [-0.39, 0.29) is 5.92 Å². The van der Waals surface area contributed by atoms with Gasteiger partial charge in [-0.25, -0.2) is 0 Å². The summed E-state index contributed by atoms with van der Waals surface area (Å²) in [5, 5.41) is 9.61. The van der Waals surface area contributed by atoms with E-state index in [0.29, 0.717) is 0 Å². The summed E-state index contributed by atoms with van der Waals surface area (Å²) < 4.78 is 0. The van der Waals surface area contributed by atoms with Crippen molar-refractivity contribution < 1.29 is 9.90 Å². The van der Waals surface area contributed by atoms with Crippen molar-refractivity contribution in [2.24, 2.45) is 5.92 Å². The van der Waals surface area contributed by atoms with Crippen molar-refractivity contribution in [3.8, 4) is 0 Å². The van der Waals surface area contributed by atoms with Gasteiger partial charge in [-0.15, -0.1) is 0 Å². The molecule has 3 rings (SSSR count). The molecule has 0 amide bonds. The number of carbonyl (C=O) groups is 1. The van der Waals surface area contributed by atoms with Gasteiger partial charge in [-0.1, -0.05) is 54.6 Å². The number of aliphatic carboxylic acids is 1. The molecule has 19 heavy (non-hydrogen) atoms. The first-order valence-electron chi connectivity index (χ1n) is 6.64. The molecule has 2 atom stereocenters. The van der Waals surface area contributed by atoms with Crippen LogP contribution >= 0.6 is 0 Å². The zero-order valence-electron chi connectivity index (χ0n) is 10.6. The second-order valence-corrected chi connectivity index (χ2v) is 5.01. The Kier molecular flexibility index (Phi) is 3.08. The van der Waals surface area contributed by atoms with Gasteiger partial charge in [0.15, 0.2) is 0 Å². The van der Waals surface area contributed by atoms with Gasteiger partial charge in [0.1, 0.15) is 0 Å². The fourth-order valence-corrected chi connectivity index (χ4v) is 2.96. The fraction of sp³-hybridized carbons (Fsp3) is 0.235. The van der Waals surface area contributed by atoms with Crippen molar-refractivity contribution in [2.75, 3.05) is 0 Å². The lowest BCUT2D eigenvalue weighted by Crippen LogP contribution is -2.27. The van der Waals surface area contributed by atoms with Crippen LogP contribution in [0.1, 0.15) is 24.3 Å². The van der Waals surface area contributed by atoms with Crippen LogP contribution in [0, 0.1) is 5.92 Å². The van der Waals surface area contributed by atoms with Crippen LogP contribution in [0.25, 0.3) is 0 Å². The van der Waals surface area contributed by atoms with Crippen LogP contribution < -0.4 is 0 Å². The zero-order chi connectivity index (χ0) is 13.2. The maximum absolute atomic E-state index is 11.7. The number of rotatable bonds is 2. The average Bonchev–Trinajstić information content (AvgIpc) is 2.46. The van der Waals surface area contributed by atoms with E-state index in [2.05, 4.69) is 18.2 Å². The van der Waals surface area contributed by atoms with Crippen molar-refractivity contribution in [2.45, 2.75) is 18.8 Å². The average molecular weight is 252 g/mol. The lowest BCUT2D eigenvalue weighted by atomic mass is 9.73. The molecule has 2 aliphatic carbocycles. The van der Waals surface area contributed by atoms with E-state index in [1.165, 1.54) is 0 Å². The summed E-state index contributed by atoms with van der Waals surface area (Å²) in [5.74, 6) is -1.27. The van der Waals surface area contributed by atoms with E-state index in [9.17, 15) is 9.90 Å². The summed E-state index contributed by atoms with van der Waals surface area (Å²) in [6.07, 6.45) is 10.3. The number of carboxylic acids is 1. The third-order valence-electron chi connectivity index (χ3n) is 3.86. The summed E-state index contributed by atoms with van der Waals surface area (Å²) in [4.78, 5) is 11.7. The van der Waals surface area contributed by atoms with E-state index < -0.39 is 11.9 Å². The van der Waals surface area contributed by atoms with E-state index in [0.717, 1.165) is 29.6 Å². The quantitative estimate of drug-likeness (QED) is 0.871. The predicted octanol–water partition coefficient (Wildman–Crippen LogP) is 3.69. The lowest BCUT2D eigenvalue weighted by molar-refractivity contribution is -0.140. The molecule has 0 saturated heterocycles. The minimum atomic E-state index is -0.739. The number of allylic oxidation sites excluding steroid dienone is 5. The number of benzene rings is 1. The molecule has 0 spiro atoms. The Bertz CT molecular complexity index is 579. The molecule has 1 N–H and O–H groups in total. The van der Waals surface area contributed by atoms with Crippen molar-refractivity contribution >= 4 is 5.97 Å². The highest BCUT2D eigenvalue weighted by Gasteiger charge is 2.35. The third kappa shape index (κ3) is 2.14.